The largest absolute Gasteiger partial charge is 0.312 e. The van der Waals surface area contributed by atoms with Crippen LogP contribution in [-0.2, 0) is 6.54 Å². The molecule has 0 atom stereocenters. The van der Waals surface area contributed by atoms with Gasteiger partial charge in [-0.05, 0) is 36.9 Å². The van der Waals surface area contributed by atoms with Gasteiger partial charge in [-0.2, -0.15) is 0 Å². The van der Waals surface area contributed by atoms with E-state index in [2.05, 4.69) is 5.32 Å². The first-order chi connectivity index (χ1) is 7.27. The van der Waals surface area contributed by atoms with Crippen LogP contribution in [0, 0.1) is 5.92 Å². The first kappa shape index (κ1) is 11.3. The van der Waals surface area contributed by atoms with E-state index in [1.54, 1.807) is 0 Å². The average molecular weight is 244 g/mol. The molecule has 0 amide bonds. The third-order valence-corrected chi connectivity index (χ3v) is 3.86. The molecule has 0 radical (unpaired) electrons. The fourth-order valence-electron chi connectivity index (χ4n) is 1.79. The maximum Gasteiger partial charge on any atom is 0.0637 e. The van der Waals surface area contributed by atoms with Crippen LogP contribution in [0.2, 0.25) is 10.0 Å². The Morgan fingerprint density at radius 1 is 1.27 bits per heavy atom. The SMILES string of the molecule is Clc1cccc(CNCC2CCC2)c1Cl. The molecule has 0 spiro atoms. The van der Waals surface area contributed by atoms with Crippen molar-refractivity contribution >= 4 is 23.2 Å². The standard InChI is InChI=1S/C12H15Cl2N/c13-11-6-2-5-10(12(11)14)8-15-7-9-3-1-4-9/h2,5-6,9,15H,1,3-4,7-8H2. The van der Waals surface area contributed by atoms with E-state index in [9.17, 15) is 0 Å². The molecule has 2 rings (SSSR count). The Morgan fingerprint density at radius 3 is 2.73 bits per heavy atom. The van der Waals surface area contributed by atoms with Crippen LogP contribution in [0.4, 0.5) is 0 Å². The lowest BCUT2D eigenvalue weighted by atomic mass is 9.85. The van der Waals surface area contributed by atoms with Crippen molar-refractivity contribution in [2.24, 2.45) is 5.92 Å². The van der Waals surface area contributed by atoms with Crippen molar-refractivity contribution in [3.8, 4) is 0 Å². The fraction of sp³-hybridized carbons (Fsp3) is 0.500. The van der Waals surface area contributed by atoms with Gasteiger partial charge in [0.25, 0.3) is 0 Å². The highest BCUT2D eigenvalue weighted by Gasteiger charge is 2.16. The molecule has 0 saturated heterocycles. The Morgan fingerprint density at radius 2 is 2.07 bits per heavy atom. The first-order valence-electron chi connectivity index (χ1n) is 5.41. The van der Waals surface area contributed by atoms with E-state index in [1.807, 2.05) is 18.2 Å². The van der Waals surface area contributed by atoms with Crippen LogP contribution in [0.1, 0.15) is 24.8 Å². The Balaban J connectivity index is 1.84. The summed E-state index contributed by atoms with van der Waals surface area (Å²) < 4.78 is 0. The Hall–Kier alpha value is -0.240. The van der Waals surface area contributed by atoms with Crippen molar-refractivity contribution in [3.63, 3.8) is 0 Å². The molecule has 82 valence electrons. The van der Waals surface area contributed by atoms with E-state index >= 15 is 0 Å². The molecule has 1 aliphatic rings. The number of nitrogens with one attached hydrogen (secondary N) is 1. The zero-order valence-corrected chi connectivity index (χ0v) is 10.1. The fourth-order valence-corrected chi connectivity index (χ4v) is 2.18. The van der Waals surface area contributed by atoms with E-state index < -0.39 is 0 Å². The summed E-state index contributed by atoms with van der Waals surface area (Å²) in [5, 5.41) is 4.75. The van der Waals surface area contributed by atoms with Gasteiger partial charge in [0.2, 0.25) is 0 Å². The van der Waals surface area contributed by atoms with Gasteiger partial charge in [-0.1, -0.05) is 41.8 Å². The molecule has 1 aromatic carbocycles. The molecule has 1 aromatic rings. The summed E-state index contributed by atoms with van der Waals surface area (Å²) in [6, 6.07) is 5.77. The molecule has 0 aromatic heterocycles. The zero-order valence-electron chi connectivity index (χ0n) is 8.60. The molecular formula is C12H15Cl2N. The molecule has 0 unspecified atom stereocenters. The van der Waals surface area contributed by atoms with E-state index in [0.717, 1.165) is 24.6 Å². The normalized spacial score (nSPS) is 16.4. The van der Waals surface area contributed by atoms with Crippen molar-refractivity contribution in [3.05, 3.63) is 33.8 Å². The van der Waals surface area contributed by atoms with Crippen molar-refractivity contribution in [1.29, 1.82) is 0 Å². The van der Waals surface area contributed by atoms with Crippen LogP contribution in [-0.4, -0.2) is 6.54 Å². The van der Waals surface area contributed by atoms with Gasteiger partial charge in [-0.25, -0.2) is 0 Å². The highest BCUT2D eigenvalue weighted by molar-refractivity contribution is 6.42. The lowest BCUT2D eigenvalue weighted by Crippen LogP contribution is -2.26. The lowest BCUT2D eigenvalue weighted by molar-refractivity contribution is 0.301. The molecule has 0 aliphatic heterocycles. The van der Waals surface area contributed by atoms with Crippen LogP contribution < -0.4 is 5.32 Å². The third-order valence-electron chi connectivity index (χ3n) is 3.00. The summed E-state index contributed by atoms with van der Waals surface area (Å²) in [4.78, 5) is 0. The Labute approximate surface area is 101 Å². The van der Waals surface area contributed by atoms with Gasteiger partial charge >= 0.3 is 0 Å². The van der Waals surface area contributed by atoms with Crippen LogP contribution in [0.25, 0.3) is 0 Å². The first-order valence-corrected chi connectivity index (χ1v) is 6.16. The number of rotatable bonds is 4. The van der Waals surface area contributed by atoms with E-state index in [1.165, 1.54) is 19.3 Å². The minimum Gasteiger partial charge on any atom is -0.312 e. The monoisotopic (exact) mass is 243 g/mol. The van der Waals surface area contributed by atoms with Crippen molar-refractivity contribution in [2.75, 3.05) is 6.54 Å². The second-order valence-corrected chi connectivity index (χ2v) is 4.93. The van der Waals surface area contributed by atoms with Crippen LogP contribution in [0.5, 0.6) is 0 Å². The van der Waals surface area contributed by atoms with Crippen molar-refractivity contribution in [2.45, 2.75) is 25.8 Å². The maximum absolute atomic E-state index is 6.08. The summed E-state index contributed by atoms with van der Waals surface area (Å²) in [6.07, 6.45) is 4.14. The predicted molar refractivity (Wildman–Crippen MR) is 65.5 cm³/mol. The topological polar surface area (TPSA) is 12.0 Å². The zero-order chi connectivity index (χ0) is 10.7. The lowest BCUT2D eigenvalue weighted by Gasteiger charge is -2.25. The molecule has 1 nitrogen and oxygen atoms in total. The summed E-state index contributed by atoms with van der Waals surface area (Å²) in [5.74, 6) is 0.878. The minimum absolute atomic E-state index is 0.639. The average Bonchev–Trinajstić information content (AvgIpc) is 2.16. The molecule has 1 saturated carbocycles. The quantitative estimate of drug-likeness (QED) is 0.847. The highest BCUT2D eigenvalue weighted by atomic mass is 35.5. The predicted octanol–water partition coefficient (Wildman–Crippen LogP) is 3.88. The number of hydrogen-bond acceptors (Lipinski definition) is 1. The summed E-state index contributed by atoms with van der Waals surface area (Å²) >= 11 is 12.0. The molecular weight excluding hydrogens is 229 g/mol. The number of hydrogen-bond donors (Lipinski definition) is 1. The number of halogens is 2. The van der Waals surface area contributed by atoms with Gasteiger partial charge < -0.3 is 5.32 Å². The molecule has 0 bridgehead atoms. The smallest absolute Gasteiger partial charge is 0.0637 e. The summed E-state index contributed by atoms with van der Waals surface area (Å²) in [7, 11) is 0. The van der Waals surface area contributed by atoms with Gasteiger partial charge in [0.05, 0.1) is 10.0 Å². The molecule has 1 fully saturated rings. The van der Waals surface area contributed by atoms with E-state index in [4.69, 9.17) is 23.2 Å². The van der Waals surface area contributed by atoms with Crippen LogP contribution in [0.3, 0.4) is 0 Å². The summed E-state index contributed by atoms with van der Waals surface area (Å²) in [6.45, 7) is 1.92. The second-order valence-electron chi connectivity index (χ2n) is 4.14. The van der Waals surface area contributed by atoms with Crippen molar-refractivity contribution in [1.82, 2.24) is 5.32 Å². The minimum atomic E-state index is 0.639. The Bertz CT molecular complexity index is 334. The Kier molecular flexibility index (Phi) is 3.90. The molecule has 0 heterocycles. The van der Waals surface area contributed by atoms with E-state index in [-0.39, 0.29) is 0 Å². The summed E-state index contributed by atoms with van der Waals surface area (Å²) in [5.41, 5.74) is 1.09. The van der Waals surface area contributed by atoms with Gasteiger partial charge in [0, 0.05) is 6.54 Å². The van der Waals surface area contributed by atoms with Gasteiger partial charge in [-0.3, -0.25) is 0 Å². The number of benzene rings is 1. The molecule has 1 N–H and O–H groups in total. The molecule has 3 heteroatoms. The third kappa shape index (κ3) is 2.87. The van der Waals surface area contributed by atoms with Gasteiger partial charge in [-0.15, -0.1) is 0 Å². The van der Waals surface area contributed by atoms with Crippen molar-refractivity contribution < 1.29 is 0 Å². The molecule has 15 heavy (non-hydrogen) atoms. The van der Waals surface area contributed by atoms with Crippen LogP contribution >= 0.6 is 23.2 Å². The van der Waals surface area contributed by atoms with E-state index in [0.29, 0.717) is 10.0 Å². The maximum atomic E-state index is 6.08. The second kappa shape index (κ2) is 5.20. The van der Waals surface area contributed by atoms with Crippen LogP contribution in [0.15, 0.2) is 18.2 Å². The highest BCUT2D eigenvalue weighted by Crippen LogP contribution is 2.27. The molecule has 1 aliphatic carbocycles. The van der Waals surface area contributed by atoms with Gasteiger partial charge in [0.15, 0.2) is 0 Å². The van der Waals surface area contributed by atoms with Gasteiger partial charge in [0.1, 0.15) is 0 Å².